The van der Waals surface area contributed by atoms with Gasteiger partial charge in [0.2, 0.25) is 0 Å². The lowest BCUT2D eigenvalue weighted by Gasteiger charge is -2.46. The lowest BCUT2D eigenvalue weighted by Crippen LogP contribution is -2.56. The summed E-state index contributed by atoms with van der Waals surface area (Å²) in [5.41, 5.74) is 9.42. The minimum absolute atomic E-state index is 0.103. The van der Waals surface area contributed by atoms with Crippen molar-refractivity contribution in [3.63, 3.8) is 0 Å². The highest BCUT2D eigenvalue weighted by molar-refractivity contribution is 5.52. The van der Waals surface area contributed by atoms with Crippen molar-refractivity contribution < 1.29 is 0 Å². The fourth-order valence-corrected chi connectivity index (χ4v) is 4.39. The van der Waals surface area contributed by atoms with Gasteiger partial charge in [-0.1, -0.05) is 32.9 Å². The number of aryl methyl sites for hydroxylation is 1. The molecule has 0 bridgehead atoms. The number of benzene rings is 1. The number of hydrogen-bond acceptors (Lipinski definition) is 2. The van der Waals surface area contributed by atoms with Gasteiger partial charge in [0, 0.05) is 18.8 Å². The average Bonchev–Trinajstić information content (AvgIpc) is 2.61. The molecule has 2 atom stereocenters. The minimum atomic E-state index is 0.103. The maximum absolute atomic E-state index is 6.29. The van der Waals surface area contributed by atoms with E-state index in [4.69, 9.17) is 5.73 Å². The molecular formula is C18H30N2. The predicted molar refractivity (Wildman–Crippen MR) is 88.2 cm³/mol. The Bertz CT molecular complexity index is 466. The molecule has 1 fully saturated rings. The standard InChI is InChI=1S/C18H30N2/c1-6-20(16-9-7-8-14(2)10-16)18(13-19)12-17(4,5)11-15(18)3/h7-10,15H,6,11-13,19H2,1-5H3. The quantitative estimate of drug-likeness (QED) is 0.900. The van der Waals surface area contributed by atoms with Crippen LogP contribution in [0.15, 0.2) is 24.3 Å². The highest BCUT2D eigenvalue weighted by atomic mass is 15.2. The normalized spacial score (nSPS) is 28.6. The summed E-state index contributed by atoms with van der Waals surface area (Å²) in [5, 5.41) is 0. The third kappa shape index (κ3) is 2.58. The fraction of sp³-hybridized carbons (Fsp3) is 0.667. The summed E-state index contributed by atoms with van der Waals surface area (Å²) >= 11 is 0. The van der Waals surface area contributed by atoms with Gasteiger partial charge in [-0.2, -0.15) is 0 Å². The van der Waals surface area contributed by atoms with Gasteiger partial charge in [-0.15, -0.1) is 0 Å². The van der Waals surface area contributed by atoms with E-state index < -0.39 is 0 Å². The Hall–Kier alpha value is -1.02. The zero-order valence-corrected chi connectivity index (χ0v) is 13.7. The van der Waals surface area contributed by atoms with Crippen LogP contribution in [0.25, 0.3) is 0 Å². The molecular weight excluding hydrogens is 244 g/mol. The summed E-state index contributed by atoms with van der Waals surface area (Å²) in [6.07, 6.45) is 2.44. The van der Waals surface area contributed by atoms with E-state index in [-0.39, 0.29) is 5.54 Å². The molecule has 0 aromatic heterocycles. The van der Waals surface area contributed by atoms with Crippen molar-refractivity contribution in [3.05, 3.63) is 29.8 Å². The maximum atomic E-state index is 6.29. The van der Waals surface area contributed by atoms with Crippen molar-refractivity contribution in [2.75, 3.05) is 18.0 Å². The number of nitrogens with zero attached hydrogens (tertiary/aromatic N) is 1. The SMILES string of the molecule is CCN(c1cccc(C)c1)C1(CN)CC(C)(C)CC1C. The lowest BCUT2D eigenvalue weighted by molar-refractivity contribution is 0.306. The van der Waals surface area contributed by atoms with E-state index in [1.807, 2.05) is 0 Å². The molecule has 2 nitrogen and oxygen atoms in total. The molecule has 2 rings (SSSR count). The van der Waals surface area contributed by atoms with E-state index in [1.165, 1.54) is 24.1 Å². The average molecular weight is 274 g/mol. The Labute approximate surface area is 124 Å². The van der Waals surface area contributed by atoms with Crippen LogP contribution in [0.5, 0.6) is 0 Å². The molecule has 1 aliphatic rings. The van der Waals surface area contributed by atoms with E-state index >= 15 is 0 Å². The van der Waals surface area contributed by atoms with Crippen LogP contribution < -0.4 is 10.6 Å². The molecule has 1 saturated carbocycles. The van der Waals surface area contributed by atoms with E-state index in [1.54, 1.807) is 0 Å². The molecule has 0 radical (unpaired) electrons. The third-order valence-corrected chi connectivity index (χ3v) is 5.08. The Morgan fingerprint density at radius 2 is 2.05 bits per heavy atom. The number of anilines is 1. The minimum Gasteiger partial charge on any atom is -0.365 e. The lowest BCUT2D eigenvalue weighted by atomic mass is 9.84. The molecule has 112 valence electrons. The van der Waals surface area contributed by atoms with Crippen LogP contribution in [-0.4, -0.2) is 18.6 Å². The molecule has 2 N–H and O–H groups in total. The second kappa shape index (κ2) is 5.40. The van der Waals surface area contributed by atoms with Crippen LogP contribution in [-0.2, 0) is 0 Å². The van der Waals surface area contributed by atoms with Crippen LogP contribution in [0.2, 0.25) is 0 Å². The van der Waals surface area contributed by atoms with Gasteiger partial charge < -0.3 is 10.6 Å². The van der Waals surface area contributed by atoms with Gasteiger partial charge in [0.1, 0.15) is 0 Å². The van der Waals surface area contributed by atoms with E-state index in [2.05, 4.69) is 63.8 Å². The first kappa shape index (κ1) is 15.4. The highest BCUT2D eigenvalue weighted by Gasteiger charge is 2.50. The second-order valence-electron chi connectivity index (χ2n) is 7.34. The first-order valence-electron chi connectivity index (χ1n) is 7.89. The van der Waals surface area contributed by atoms with Gasteiger partial charge in [0.25, 0.3) is 0 Å². The zero-order chi connectivity index (χ0) is 15.0. The number of likely N-dealkylation sites (N-methyl/N-ethyl adjacent to an activating group) is 1. The molecule has 1 aromatic rings. The van der Waals surface area contributed by atoms with Crippen molar-refractivity contribution in [1.29, 1.82) is 0 Å². The summed E-state index contributed by atoms with van der Waals surface area (Å²) in [7, 11) is 0. The molecule has 2 unspecified atom stereocenters. The van der Waals surface area contributed by atoms with Crippen molar-refractivity contribution in [2.45, 2.75) is 53.0 Å². The Morgan fingerprint density at radius 3 is 2.50 bits per heavy atom. The van der Waals surface area contributed by atoms with Gasteiger partial charge in [-0.05, 0) is 55.7 Å². The Balaban J connectivity index is 2.43. The number of rotatable bonds is 4. The first-order chi connectivity index (χ1) is 9.34. The molecule has 0 saturated heterocycles. The van der Waals surface area contributed by atoms with Gasteiger partial charge in [0.05, 0.1) is 5.54 Å². The van der Waals surface area contributed by atoms with Crippen molar-refractivity contribution in [3.8, 4) is 0 Å². The predicted octanol–water partition coefficient (Wildman–Crippen LogP) is 3.97. The molecule has 1 aliphatic carbocycles. The number of nitrogens with two attached hydrogens (primary N) is 1. The summed E-state index contributed by atoms with van der Waals surface area (Å²) in [6.45, 7) is 13.3. The molecule has 1 aromatic carbocycles. The zero-order valence-electron chi connectivity index (χ0n) is 13.7. The number of hydrogen-bond donors (Lipinski definition) is 1. The van der Waals surface area contributed by atoms with Gasteiger partial charge in [0.15, 0.2) is 0 Å². The molecule has 20 heavy (non-hydrogen) atoms. The summed E-state index contributed by atoms with van der Waals surface area (Å²) < 4.78 is 0. The smallest absolute Gasteiger partial charge is 0.0554 e. The van der Waals surface area contributed by atoms with E-state index in [0.717, 1.165) is 13.1 Å². The Kier molecular flexibility index (Phi) is 4.15. The largest absolute Gasteiger partial charge is 0.365 e. The molecule has 0 heterocycles. The molecule has 0 spiro atoms. The van der Waals surface area contributed by atoms with Crippen molar-refractivity contribution in [2.24, 2.45) is 17.1 Å². The van der Waals surface area contributed by atoms with Crippen LogP contribution in [0.3, 0.4) is 0 Å². The molecule has 2 heteroatoms. The van der Waals surface area contributed by atoms with Gasteiger partial charge in [-0.25, -0.2) is 0 Å². The Morgan fingerprint density at radius 1 is 1.35 bits per heavy atom. The van der Waals surface area contributed by atoms with Crippen LogP contribution in [0, 0.1) is 18.3 Å². The van der Waals surface area contributed by atoms with Crippen LogP contribution >= 0.6 is 0 Å². The third-order valence-electron chi connectivity index (χ3n) is 5.08. The van der Waals surface area contributed by atoms with Gasteiger partial charge >= 0.3 is 0 Å². The molecule has 0 aliphatic heterocycles. The topological polar surface area (TPSA) is 29.3 Å². The first-order valence-corrected chi connectivity index (χ1v) is 7.89. The summed E-state index contributed by atoms with van der Waals surface area (Å²) in [6, 6.07) is 8.83. The highest BCUT2D eigenvalue weighted by Crippen LogP contribution is 2.50. The van der Waals surface area contributed by atoms with Crippen LogP contribution in [0.4, 0.5) is 5.69 Å². The van der Waals surface area contributed by atoms with Crippen molar-refractivity contribution >= 4 is 5.69 Å². The maximum Gasteiger partial charge on any atom is 0.0554 e. The summed E-state index contributed by atoms with van der Waals surface area (Å²) in [4.78, 5) is 2.55. The van der Waals surface area contributed by atoms with Crippen molar-refractivity contribution in [1.82, 2.24) is 0 Å². The second-order valence-corrected chi connectivity index (χ2v) is 7.34. The molecule has 0 amide bonds. The monoisotopic (exact) mass is 274 g/mol. The fourth-order valence-electron chi connectivity index (χ4n) is 4.39. The van der Waals surface area contributed by atoms with E-state index in [0.29, 0.717) is 11.3 Å². The van der Waals surface area contributed by atoms with E-state index in [9.17, 15) is 0 Å². The van der Waals surface area contributed by atoms with Crippen LogP contribution in [0.1, 0.15) is 46.1 Å². The summed E-state index contributed by atoms with van der Waals surface area (Å²) in [5.74, 6) is 0.628. The van der Waals surface area contributed by atoms with Gasteiger partial charge in [-0.3, -0.25) is 0 Å².